The third-order valence-corrected chi connectivity index (χ3v) is 0.787. The highest BCUT2D eigenvalue weighted by atomic mass is 19.1. The van der Waals surface area contributed by atoms with Gasteiger partial charge < -0.3 is 5.73 Å². The highest BCUT2D eigenvalue weighted by Crippen LogP contribution is 1.99. The first-order valence-electron chi connectivity index (χ1n) is 2.77. The fourth-order valence-electron chi connectivity index (χ4n) is 0.460. The molecule has 0 aliphatic heterocycles. The van der Waals surface area contributed by atoms with Crippen molar-refractivity contribution in [2.75, 3.05) is 0 Å². The first-order chi connectivity index (χ1) is 5.20. The molecule has 0 bridgehead atoms. The lowest BCUT2D eigenvalue weighted by Gasteiger charge is -1.84. The molecule has 2 nitrogen and oxygen atoms in total. The van der Waals surface area contributed by atoms with Crippen LogP contribution >= 0.6 is 0 Å². The first kappa shape index (κ1) is 9.55. The van der Waals surface area contributed by atoms with Crippen molar-refractivity contribution in [1.29, 1.82) is 0 Å². The Bertz CT molecular complexity index is 210. The van der Waals surface area contributed by atoms with Crippen LogP contribution in [0.15, 0.2) is 24.3 Å². The minimum absolute atomic E-state index is 0.250. The molecular weight excluding hydrogens is 152 g/mol. The van der Waals surface area contributed by atoms with E-state index in [2.05, 4.69) is 5.73 Å². The summed E-state index contributed by atoms with van der Waals surface area (Å²) in [6.07, 6.45) is 0.250. The van der Waals surface area contributed by atoms with Crippen molar-refractivity contribution in [2.45, 2.75) is 0 Å². The molecule has 0 saturated heterocycles. The highest BCUT2D eigenvalue weighted by Gasteiger charge is 1.88. The summed E-state index contributed by atoms with van der Waals surface area (Å²) in [4.78, 5) is 8.58. The molecule has 0 saturated carbocycles. The zero-order valence-corrected chi connectivity index (χ0v) is 5.63. The number of hydrogen-bond acceptors (Lipinski definition) is 1. The maximum atomic E-state index is 11.9. The van der Waals surface area contributed by atoms with Crippen LogP contribution in [0.25, 0.3) is 0 Å². The second-order valence-corrected chi connectivity index (χ2v) is 1.58. The SMILES string of the molecule is Fc1cccc(F)c1.NC=O. The van der Waals surface area contributed by atoms with Crippen molar-refractivity contribution in [1.82, 2.24) is 0 Å². The number of primary amides is 1. The van der Waals surface area contributed by atoms with E-state index in [1.807, 2.05) is 0 Å². The van der Waals surface area contributed by atoms with Crippen molar-refractivity contribution in [2.24, 2.45) is 5.73 Å². The van der Waals surface area contributed by atoms with Crippen molar-refractivity contribution in [3.63, 3.8) is 0 Å². The molecule has 4 heteroatoms. The monoisotopic (exact) mass is 159 g/mol. The molecule has 1 aromatic carbocycles. The Balaban J connectivity index is 0.000000292. The molecule has 1 amide bonds. The first-order valence-corrected chi connectivity index (χ1v) is 2.77. The molecule has 0 heterocycles. The van der Waals surface area contributed by atoms with Gasteiger partial charge in [-0.15, -0.1) is 0 Å². The predicted octanol–water partition coefficient (Wildman–Crippen LogP) is 1.07. The van der Waals surface area contributed by atoms with E-state index in [1.165, 1.54) is 18.2 Å². The summed E-state index contributed by atoms with van der Waals surface area (Å²) in [7, 11) is 0. The van der Waals surface area contributed by atoms with E-state index >= 15 is 0 Å². The lowest BCUT2D eigenvalue weighted by atomic mass is 10.3. The largest absolute Gasteiger partial charge is 0.372 e. The Morgan fingerprint density at radius 3 is 1.82 bits per heavy atom. The van der Waals surface area contributed by atoms with E-state index in [4.69, 9.17) is 4.79 Å². The third-order valence-electron chi connectivity index (χ3n) is 0.787. The van der Waals surface area contributed by atoms with Crippen molar-refractivity contribution in [3.05, 3.63) is 35.9 Å². The molecule has 1 rings (SSSR count). The van der Waals surface area contributed by atoms with Gasteiger partial charge in [0.15, 0.2) is 0 Å². The highest BCUT2D eigenvalue weighted by molar-refractivity contribution is 5.42. The maximum Gasteiger partial charge on any atom is 0.204 e. The fourth-order valence-corrected chi connectivity index (χ4v) is 0.460. The molecule has 0 aliphatic carbocycles. The number of rotatable bonds is 0. The van der Waals surface area contributed by atoms with E-state index in [0.717, 1.165) is 6.07 Å². The number of halogens is 2. The third kappa shape index (κ3) is 5.02. The van der Waals surface area contributed by atoms with Gasteiger partial charge in [0.1, 0.15) is 11.6 Å². The van der Waals surface area contributed by atoms with Crippen molar-refractivity contribution >= 4 is 6.41 Å². The second-order valence-electron chi connectivity index (χ2n) is 1.58. The van der Waals surface area contributed by atoms with Crippen LogP contribution in [0.5, 0.6) is 0 Å². The standard InChI is InChI=1S/C6H4F2.CH3NO/c7-5-2-1-3-6(8)4-5;2-1-3/h1-4H;1H,(H2,2,3). The van der Waals surface area contributed by atoms with Gasteiger partial charge in [-0.2, -0.15) is 0 Å². The summed E-state index contributed by atoms with van der Waals surface area (Å²) < 4.78 is 23.9. The van der Waals surface area contributed by atoms with Gasteiger partial charge in [0.05, 0.1) is 0 Å². The van der Waals surface area contributed by atoms with E-state index in [0.29, 0.717) is 0 Å². The fraction of sp³-hybridized carbons (Fsp3) is 0. The Labute approximate surface area is 62.6 Å². The summed E-state index contributed by atoms with van der Waals surface area (Å²) >= 11 is 0. The molecule has 1 aromatic rings. The predicted molar refractivity (Wildman–Crippen MR) is 36.6 cm³/mol. The summed E-state index contributed by atoms with van der Waals surface area (Å²) in [5.74, 6) is -1.07. The van der Waals surface area contributed by atoms with Crippen LogP contribution in [-0.2, 0) is 4.79 Å². The molecule has 0 unspecified atom stereocenters. The number of hydrogen-bond donors (Lipinski definition) is 1. The number of benzene rings is 1. The zero-order valence-electron chi connectivity index (χ0n) is 5.63. The minimum atomic E-state index is -0.537. The van der Waals surface area contributed by atoms with Crippen molar-refractivity contribution < 1.29 is 13.6 Å². The summed E-state index contributed by atoms with van der Waals surface area (Å²) in [6, 6.07) is 4.55. The summed E-state index contributed by atoms with van der Waals surface area (Å²) in [5, 5.41) is 0. The van der Waals surface area contributed by atoms with Crippen LogP contribution in [-0.4, -0.2) is 6.41 Å². The van der Waals surface area contributed by atoms with Gasteiger partial charge in [0.2, 0.25) is 6.41 Å². The molecule has 2 N–H and O–H groups in total. The molecule has 0 radical (unpaired) electrons. The number of carbonyl (C=O) groups is 1. The van der Waals surface area contributed by atoms with Crippen molar-refractivity contribution in [3.8, 4) is 0 Å². The number of nitrogens with two attached hydrogens (primary N) is 1. The summed E-state index contributed by atoms with van der Waals surface area (Å²) in [6.45, 7) is 0. The van der Waals surface area contributed by atoms with Gasteiger partial charge in [0, 0.05) is 6.07 Å². The van der Waals surface area contributed by atoms with Crippen LogP contribution < -0.4 is 5.73 Å². The molecular formula is C7H7F2NO. The van der Waals surface area contributed by atoms with E-state index in [-0.39, 0.29) is 6.41 Å². The van der Waals surface area contributed by atoms with Gasteiger partial charge in [-0.3, -0.25) is 4.79 Å². The Morgan fingerprint density at radius 1 is 1.27 bits per heavy atom. The van der Waals surface area contributed by atoms with Gasteiger partial charge in [0.25, 0.3) is 0 Å². The summed E-state index contributed by atoms with van der Waals surface area (Å²) in [5.41, 5.74) is 4.17. The van der Waals surface area contributed by atoms with E-state index < -0.39 is 11.6 Å². The normalized spacial score (nSPS) is 7.82. The minimum Gasteiger partial charge on any atom is -0.372 e. The van der Waals surface area contributed by atoms with Gasteiger partial charge in [-0.1, -0.05) is 6.07 Å². The van der Waals surface area contributed by atoms with Crippen LogP contribution in [0.4, 0.5) is 8.78 Å². The van der Waals surface area contributed by atoms with Crippen LogP contribution in [0.2, 0.25) is 0 Å². The van der Waals surface area contributed by atoms with Gasteiger partial charge >= 0.3 is 0 Å². The average molecular weight is 159 g/mol. The zero-order chi connectivity index (χ0) is 8.69. The number of carbonyl (C=O) groups excluding carboxylic acids is 1. The van der Waals surface area contributed by atoms with Crippen LogP contribution in [0.3, 0.4) is 0 Å². The molecule has 60 valence electrons. The number of amides is 1. The quantitative estimate of drug-likeness (QED) is 0.565. The van der Waals surface area contributed by atoms with E-state index in [9.17, 15) is 8.78 Å². The Kier molecular flexibility index (Phi) is 4.64. The van der Waals surface area contributed by atoms with Gasteiger partial charge in [-0.25, -0.2) is 8.78 Å². The smallest absolute Gasteiger partial charge is 0.204 e. The van der Waals surface area contributed by atoms with Gasteiger partial charge in [-0.05, 0) is 12.1 Å². The molecule has 0 aromatic heterocycles. The lowest BCUT2D eigenvalue weighted by Crippen LogP contribution is -1.82. The molecule has 11 heavy (non-hydrogen) atoms. The Hall–Kier alpha value is -1.45. The van der Waals surface area contributed by atoms with Crippen LogP contribution in [0, 0.1) is 11.6 Å². The topological polar surface area (TPSA) is 43.1 Å². The second kappa shape index (κ2) is 5.34. The molecule has 0 aliphatic rings. The maximum absolute atomic E-state index is 11.9. The molecule has 0 atom stereocenters. The van der Waals surface area contributed by atoms with E-state index in [1.54, 1.807) is 0 Å². The lowest BCUT2D eigenvalue weighted by molar-refractivity contribution is -0.106. The average Bonchev–Trinajstić information content (AvgIpc) is 1.88. The molecule has 0 spiro atoms. The molecule has 0 fully saturated rings. The van der Waals surface area contributed by atoms with Crippen LogP contribution in [0.1, 0.15) is 0 Å². The Morgan fingerprint density at radius 2 is 1.64 bits per heavy atom.